The van der Waals surface area contributed by atoms with Crippen LogP contribution in [-0.2, 0) is 16.1 Å². The molecule has 1 atom stereocenters. The lowest BCUT2D eigenvalue weighted by Gasteiger charge is -2.20. The van der Waals surface area contributed by atoms with Crippen LogP contribution in [0.5, 0.6) is 0 Å². The molecule has 0 bridgehead atoms. The zero-order chi connectivity index (χ0) is 24.4. The summed E-state index contributed by atoms with van der Waals surface area (Å²) in [5, 5.41) is 17.5. The average Bonchev–Trinajstić information content (AvgIpc) is 3.50. The predicted molar refractivity (Wildman–Crippen MR) is 120 cm³/mol. The molecule has 34 heavy (non-hydrogen) atoms. The Balaban J connectivity index is 1.70. The van der Waals surface area contributed by atoms with Gasteiger partial charge in [-0.3, -0.25) is 24.3 Å². The molecule has 12 heteroatoms. The van der Waals surface area contributed by atoms with E-state index in [1.807, 2.05) is 0 Å². The number of ether oxygens (including phenoxy) is 1. The van der Waals surface area contributed by atoms with E-state index in [0.29, 0.717) is 22.9 Å². The molecule has 1 aromatic carbocycles. The van der Waals surface area contributed by atoms with Gasteiger partial charge < -0.3 is 9.15 Å². The molecule has 4 rings (SSSR count). The van der Waals surface area contributed by atoms with Crippen molar-refractivity contribution in [2.24, 2.45) is 5.10 Å². The number of esters is 1. The molecule has 0 N–H and O–H groups in total. The number of aromatic nitrogens is 1. The van der Waals surface area contributed by atoms with Gasteiger partial charge in [-0.05, 0) is 29.8 Å². The molecule has 3 aromatic rings. The summed E-state index contributed by atoms with van der Waals surface area (Å²) in [4.78, 5) is 48.1. The molecule has 1 unspecified atom stereocenters. The van der Waals surface area contributed by atoms with E-state index in [4.69, 9.17) is 16.0 Å². The molecular weight excluding hydrogens is 468 g/mol. The van der Waals surface area contributed by atoms with Crippen LogP contribution in [0.2, 0.25) is 5.02 Å². The highest BCUT2D eigenvalue weighted by Crippen LogP contribution is 2.33. The summed E-state index contributed by atoms with van der Waals surface area (Å²) < 4.78 is 10.9. The number of pyridine rings is 1. The number of hydrazone groups is 1. The largest absolute Gasteiger partial charge is 0.467 e. The van der Waals surface area contributed by atoms with Crippen LogP contribution in [0.1, 0.15) is 34.1 Å². The molecular formula is C22H17ClN4O7. The van der Waals surface area contributed by atoms with Gasteiger partial charge in [-0.25, -0.2) is 9.80 Å². The van der Waals surface area contributed by atoms with Crippen LogP contribution in [0.3, 0.4) is 0 Å². The first-order chi connectivity index (χ1) is 16.3. The van der Waals surface area contributed by atoms with Gasteiger partial charge in [-0.15, -0.1) is 0 Å². The number of benzene rings is 1. The lowest BCUT2D eigenvalue weighted by Crippen LogP contribution is -2.34. The van der Waals surface area contributed by atoms with E-state index >= 15 is 0 Å². The summed E-state index contributed by atoms with van der Waals surface area (Å²) in [7, 11) is 1.10. The SMILES string of the molecule is COC(=O)c1cc([N+](=O)[O-])c(=O)n(CC(=O)N2N=C(c3ccc(Cl)cc3)CC2c2ccco2)c1. The van der Waals surface area contributed by atoms with E-state index in [-0.39, 0.29) is 5.56 Å². The number of hydrogen-bond donors (Lipinski definition) is 0. The Labute approximate surface area is 196 Å². The third-order valence-electron chi connectivity index (χ3n) is 5.21. The first-order valence-corrected chi connectivity index (χ1v) is 10.3. The second kappa shape index (κ2) is 9.32. The highest BCUT2D eigenvalue weighted by Gasteiger charge is 2.35. The van der Waals surface area contributed by atoms with Crippen LogP contribution in [-0.4, -0.2) is 39.2 Å². The Morgan fingerprint density at radius 2 is 2.03 bits per heavy atom. The number of furan rings is 1. The maximum absolute atomic E-state index is 13.2. The van der Waals surface area contributed by atoms with Gasteiger partial charge in [0.1, 0.15) is 18.3 Å². The van der Waals surface area contributed by atoms with Crippen molar-refractivity contribution in [2.45, 2.75) is 19.0 Å². The van der Waals surface area contributed by atoms with Gasteiger partial charge in [0.2, 0.25) is 0 Å². The number of nitrogens with zero attached hydrogens (tertiary/aromatic N) is 4. The van der Waals surface area contributed by atoms with Crippen LogP contribution in [0.4, 0.5) is 5.69 Å². The fourth-order valence-electron chi connectivity index (χ4n) is 3.58. The summed E-state index contributed by atoms with van der Waals surface area (Å²) in [6.07, 6.45) is 2.84. The van der Waals surface area contributed by atoms with Crippen LogP contribution in [0, 0.1) is 10.1 Å². The first kappa shape index (κ1) is 22.9. The number of carbonyl (C=O) groups excluding carboxylic acids is 2. The first-order valence-electron chi connectivity index (χ1n) is 9.94. The number of halogens is 1. The highest BCUT2D eigenvalue weighted by molar-refractivity contribution is 6.30. The Morgan fingerprint density at radius 3 is 2.65 bits per heavy atom. The second-order valence-electron chi connectivity index (χ2n) is 7.32. The number of hydrogen-bond acceptors (Lipinski definition) is 8. The van der Waals surface area contributed by atoms with Crippen LogP contribution in [0.15, 0.2) is 69.2 Å². The smallest absolute Gasteiger partial charge is 0.339 e. The van der Waals surface area contributed by atoms with Crippen molar-refractivity contribution in [3.8, 4) is 0 Å². The van der Waals surface area contributed by atoms with Crippen LogP contribution < -0.4 is 5.56 Å². The van der Waals surface area contributed by atoms with E-state index < -0.39 is 40.6 Å². The molecule has 1 aliphatic heterocycles. The van der Waals surface area contributed by atoms with Crippen LogP contribution >= 0.6 is 11.6 Å². The number of methoxy groups -OCH3 is 1. The molecule has 1 aliphatic rings. The van der Waals surface area contributed by atoms with Gasteiger partial charge in [-0.2, -0.15) is 5.10 Å². The highest BCUT2D eigenvalue weighted by atomic mass is 35.5. The second-order valence-corrected chi connectivity index (χ2v) is 7.76. The van der Waals surface area contributed by atoms with Gasteiger partial charge >= 0.3 is 17.2 Å². The molecule has 3 heterocycles. The van der Waals surface area contributed by atoms with Crippen molar-refractivity contribution in [2.75, 3.05) is 7.11 Å². The van der Waals surface area contributed by atoms with Crippen molar-refractivity contribution < 1.29 is 23.7 Å². The summed E-state index contributed by atoms with van der Waals surface area (Å²) in [6.45, 7) is -0.598. The fourth-order valence-corrected chi connectivity index (χ4v) is 3.70. The third kappa shape index (κ3) is 4.46. The molecule has 1 amide bonds. The molecule has 0 fully saturated rings. The maximum Gasteiger partial charge on any atom is 0.339 e. The minimum Gasteiger partial charge on any atom is -0.467 e. The summed E-state index contributed by atoms with van der Waals surface area (Å²) >= 11 is 5.96. The normalized spacial score (nSPS) is 15.2. The fraction of sp³-hybridized carbons (Fsp3) is 0.182. The molecule has 0 spiro atoms. The zero-order valence-corrected chi connectivity index (χ0v) is 18.5. The summed E-state index contributed by atoms with van der Waals surface area (Å²) in [5.41, 5.74) is -0.799. The van der Waals surface area contributed by atoms with E-state index in [1.165, 1.54) is 11.3 Å². The number of carbonyl (C=O) groups is 2. The molecule has 0 saturated heterocycles. The Morgan fingerprint density at radius 1 is 1.29 bits per heavy atom. The van der Waals surface area contributed by atoms with Crippen molar-refractivity contribution in [1.29, 1.82) is 0 Å². The number of amides is 1. The van der Waals surface area contributed by atoms with Gasteiger partial charge in [0.05, 0.1) is 29.6 Å². The molecule has 11 nitrogen and oxygen atoms in total. The van der Waals surface area contributed by atoms with Crippen LogP contribution in [0.25, 0.3) is 0 Å². The molecule has 0 aliphatic carbocycles. The monoisotopic (exact) mass is 484 g/mol. The van der Waals surface area contributed by atoms with E-state index in [1.54, 1.807) is 36.4 Å². The quantitative estimate of drug-likeness (QED) is 0.297. The third-order valence-corrected chi connectivity index (χ3v) is 5.46. The topological polar surface area (TPSA) is 137 Å². The van der Waals surface area contributed by atoms with E-state index in [2.05, 4.69) is 9.84 Å². The van der Waals surface area contributed by atoms with Crippen molar-refractivity contribution in [3.63, 3.8) is 0 Å². The molecule has 0 radical (unpaired) electrons. The Bertz CT molecular complexity index is 1350. The van der Waals surface area contributed by atoms with Crippen molar-refractivity contribution >= 4 is 34.9 Å². The van der Waals surface area contributed by atoms with Gasteiger partial charge in [0, 0.05) is 23.7 Å². The van der Waals surface area contributed by atoms with E-state index in [9.17, 15) is 24.5 Å². The lowest BCUT2D eigenvalue weighted by molar-refractivity contribution is -0.386. The van der Waals surface area contributed by atoms with E-state index in [0.717, 1.165) is 29.5 Å². The van der Waals surface area contributed by atoms with Gasteiger partial charge in [0.25, 0.3) is 5.91 Å². The Kier molecular flexibility index (Phi) is 6.28. The lowest BCUT2D eigenvalue weighted by atomic mass is 10.0. The average molecular weight is 485 g/mol. The molecule has 2 aromatic heterocycles. The minimum absolute atomic E-state index is 0.240. The van der Waals surface area contributed by atoms with Crippen molar-refractivity contribution in [3.05, 3.63) is 97.3 Å². The molecule has 174 valence electrons. The number of nitro groups is 1. The molecule has 0 saturated carbocycles. The zero-order valence-electron chi connectivity index (χ0n) is 17.7. The van der Waals surface area contributed by atoms with Gasteiger partial charge in [0.15, 0.2) is 0 Å². The summed E-state index contributed by atoms with van der Waals surface area (Å²) in [5.74, 6) is -1.05. The minimum atomic E-state index is -1.04. The standard InChI is InChI=1S/C22H17ClN4O7/c1-33-22(30)14-9-18(27(31)32)21(29)25(11-14)12-20(28)26-17(19-3-2-8-34-19)10-16(24-26)13-4-6-15(23)7-5-13/h2-9,11,17H,10,12H2,1H3. The van der Waals surface area contributed by atoms with Gasteiger partial charge in [-0.1, -0.05) is 23.7 Å². The number of rotatable bonds is 6. The predicted octanol–water partition coefficient (Wildman–Crippen LogP) is 3.17. The summed E-state index contributed by atoms with van der Waals surface area (Å²) in [6, 6.07) is 10.5. The van der Waals surface area contributed by atoms with Crippen molar-refractivity contribution in [1.82, 2.24) is 9.58 Å². The maximum atomic E-state index is 13.2. The Hall–Kier alpha value is -4.25.